The molecule has 1 aliphatic carbocycles. The molecule has 2 aromatic heterocycles. The third-order valence-corrected chi connectivity index (χ3v) is 4.25. The predicted octanol–water partition coefficient (Wildman–Crippen LogP) is 2.76. The standard InChI is InChI=1S/C17H18N4/c18-10-12-9-17(13-5-1-2-6-14(13)20-12)21-11-19-15-7-3-4-8-16(15)21/h1-2,5-6,9,11H,3-4,7-8,10,18H2. The molecular weight excluding hydrogens is 260 g/mol. The molecule has 3 aromatic rings. The second-order valence-electron chi connectivity index (χ2n) is 5.57. The molecule has 0 atom stereocenters. The zero-order chi connectivity index (χ0) is 14.2. The van der Waals surface area contributed by atoms with Crippen LogP contribution in [0.5, 0.6) is 0 Å². The Morgan fingerprint density at radius 3 is 2.90 bits per heavy atom. The predicted molar refractivity (Wildman–Crippen MR) is 83.4 cm³/mol. The first-order chi connectivity index (χ1) is 10.4. The second-order valence-corrected chi connectivity index (χ2v) is 5.57. The molecule has 21 heavy (non-hydrogen) atoms. The van der Waals surface area contributed by atoms with Crippen molar-refractivity contribution < 1.29 is 0 Å². The minimum atomic E-state index is 0.453. The van der Waals surface area contributed by atoms with E-state index in [9.17, 15) is 0 Å². The Kier molecular flexibility index (Phi) is 2.97. The van der Waals surface area contributed by atoms with Gasteiger partial charge in [0, 0.05) is 17.6 Å². The van der Waals surface area contributed by atoms with Gasteiger partial charge >= 0.3 is 0 Å². The molecule has 4 rings (SSSR count). The molecule has 0 spiro atoms. The molecule has 0 amide bonds. The smallest absolute Gasteiger partial charge is 0.0997 e. The van der Waals surface area contributed by atoms with Gasteiger partial charge in [0.15, 0.2) is 0 Å². The maximum atomic E-state index is 5.81. The first-order valence-corrected chi connectivity index (χ1v) is 7.51. The topological polar surface area (TPSA) is 56.7 Å². The van der Waals surface area contributed by atoms with Gasteiger partial charge in [0.05, 0.1) is 28.9 Å². The molecule has 1 aliphatic rings. The third kappa shape index (κ3) is 2.03. The summed E-state index contributed by atoms with van der Waals surface area (Å²) >= 11 is 0. The lowest BCUT2D eigenvalue weighted by Gasteiger charge is -2.16. The van der Waals surface area contributed by atoms with E-state index < -0.39 is 0 Å². The Morgan fingerprint density at radius 2 is 2.00 bits per heavy atom. The van der Waals surface area contributed by atoms with Crippen LogP contribution in [0.3, 0.4) is 0 Å². The third-order valence-electron chi connectivity index (χ3n) is 4.25. The average Bonchev–Trinajstić information content (AvgIpc) is 2.97. The number of fused-ring (bicyclic) bond motifs is 2. The van der Waals surface area contributed by atoms with Crippen LogP contribution in [0.25, 0.3) is 16.6 Å². The highest BCUT2D eigenvalue weighted by molar-refractivity contribution is 5.87. The monoisotopic (exact) mass is 278 g/mol. The zero-order valence-corrected chi connectivity index (χ0v) is 11.9. The molecule has 0 unspecified atom stereocenters. The number of hydrogen-bond donors (Lipinski definition) is 1. The van der Waals surface area contributed by atoms with Crippen LogP contribution in [0, 0.1) is 0 Å². The number of nitrogens with zero attached hydrogens (tertiary/aromatic N) is 3. The van der Waals surface area contributed by atoms with E-state index in [1.807, 2.05) is 18.5 Å². The van der Waals surface area contributed by atoms with Gasteiger partial charge in [0.2, 0.25) is 0 Å². The van der Waals surface area contributed by atoms with E-state index >= 15 is 0 Å². The molecule has 0 radical (unpaired) electrons. The zero-order valence-electron chi connectivity index (χ0n) is 11.9. The summed E-state index contributed by atoms with van der Waals surface area (Å²) in [5, 5.41) is 1.15. The lowest BCUT2D eigenvalue weighted by molar-refractivity contribution is 0.656. The van der Waals surface area contributed by atoms with E-state index in [2.05, 4.69) is 32.7 Å². The average molecular weight is 278 g/mol. The van der Waals surface area contributed by atoms with E-state index in [4.69, 9.17) is 5.73 Å². The Labute approximate surface area is 123 Å². The molecule has 4 heteroatoms. The summed E-state index contributed by atoms with van der Waals surface area (Å²) in [5.41, 5.74) is 11.5. The summed E-state index contributed by atoms with van der Waals surface area (Å²) in [6, 6.07) is 10.3. The number of aryl methyl sites for hydroxylation is 1. The quantitative estimate of drug-likeness (QED) is 0.784. The highest BCUT2D eigenvalue weighted by atomic mass is 15.1. The van der Waals surface area contributed by atoms with Gasteiger partial charge in [-0.1, -0.05) is 18.2 Å². The molecule has 1 aromatic carbocycles. The number of hydrogen-bond acceptors (Lipinski definition) is 3. The Balaban J connectivity index is 1.99. The van der Waals surface area contributed by atoms with Crippen molar-refractivity contribution in [2.45, 2.75) is 32.2 Å². The van der Waals surface area contributed by atoms with Gasteiger partial charge in [-0.3, -0.25) is 4.98 Å². The van der Waals surface area contributed by atoms with Gasteiger partial charge in [-0.15, -0.1) is 0 Å². The maximum Gasteiger partial charge on any atom is 0.0997 e. The highest BCUT2D eigenvalue weighted by Gasteiger charge is 2.17. The van der Waals surface area contributed by atoms with Crippen LogP contribution in [0.15, 0.2) is 36.7 Å². The Morgan fingerprint density at radius 1 is 1.14 bits per heavy atom. The first-order valence-electron chi connectivity index (χ1n) is 7.51. The molecule has 4 nitrogen and oxygen atoms in total. The van der Waals surface area contributed by atoms with Crippen LogP contribution in [-0.2, 0) is 19.4 Å². The van der Waals surface area contributed by atoms with Gasteiger partial charge in [-0.25, -0.2) is 4.98 Å². The number of benzene rings is 1. The number of imidazole rings is 1. The second kappa shape index (κ2) is 4.97. The van der Waals surface area contributed by atoms with Gasteiger partial charge < -0.3 is 10.3 Å². The van der Waals surface area contributed by atoms with Crippen molar-refractivity contribution in [1.82, 2.24) is 14.5 Å². The summed E-state index contributed by atoms with van der Waals surface area (Å²) in [6.07, 6.45) is 6.64. The lowest BCUT2D eigenvalue weighted by Crippen LogP contribution is -2.09. The molecule has 0 saturated carbocycles. The van der Waals surface area contributed by atoms with Crippen molar-refractivity contribution in [2.75, 3.05) is 0 Å². The van der Waals surface area contributed by atoms with Crippen molar-refractivity contribution >= 4 is 10.9 Å². The van der Waals surface area contributed by atoms with Crippen LogP contribution in [0.4, 0.5) is 0 Å². The SMILES string of the molecule is NCc1cc(-n2cnc3c2CCCC3)c2ccccc2n1. The molecule has 0 fully saturated rings. The number of pyridine rings is 1. The van der Waals surface area contributed by atoms with Crippen LogP contribution in [0.2, 0.25) is 0 Å². The summed E-state index contributed by atoms with van der Waals surface area (Å²) in [4.78, 5) is 9.22. The minimum absolute atomic E-state index is 0.453. The largest absolute Gasteiger partial charge is 0.325 e. The van der Waals surface area contributed by atoms with Crippen LogP contribution < -0.4 is 5.73 Å². The fourth-order valence-electron chi connectivity index (χ4n) is 3.19. The van der Waals surface area contributed by atoms with E-state index in [1.54, 1.807) is 0 Å². The minimum Gasteiger partial charge on any atom is -0.325 e. The van der Waals surface area contributed by atoms with Crippen molar-refractivity contribution in [1.29, 1.82) is 0 Å². The fraction of sp³-hybridized carbons (Fsp3) is 0.294. The number of nitrogens with two attached hydrogens (primary N) is 1. The van der Waals surface area contributed by atoms with Crippen molar-refractivity contribution in [3.05, 3.63) is 53.7 Å². The van der Waals surface area contributed by atoms with Gasteiger partial charge in [0.25, 0.3) is 0 Å². The van der Waals surface area contributed by atoms with Crippen LogP contribution in [0.1, 0.15) is 29.9 Å². The van der Waals surface area contributed by atoms with Crippen LogP contribution >= 0.6 is 0 Å². The van der Waals surface area contributed by atoms with E-state index in [0.29, 0.717) is 6.54 Å². The van der Waals surface area contributed by atoms with E-state index in [-0.39, 0.29) is 0 Å². The number of aromatic nitrogens is 3. The van der Waals surface area contributed by atoms with Crippen molar-refractivity contribution in [2.24, 2.45) is 5.73 Å². The van der Waals surface area contributed by atoms with E-state index in [1.165, 1.54) is 24.2 Å². The van der Waals surface area contributed by atoms with Gasteiger partial charge in [-0.05, 0) is 37.8 Å². The Hall–Kier alpha value is -2.20. The molecule has 106 valence electrons. The molecular formula is C17H18N4. The molecule has 2 N–H and O–H groups in total. The number of rotatable bonds is 2. The van der Waals surface area contributed by atoms with Crippen LogP contribution in [-0.4, -0.2) is 14.5 Å². The summed E-state index contributed by atoms with van der Waals surface area (Å²) < 4.78 is 2.23. The molecule has 0 saturated heterocycles. The van der Waals surface area contributed by atoms with Crippen molar-refractivity contribution in [3.8, 4) is 5.69 Å². The fourth-order valence-corrected chi connectivity index (χ4v) is 3.19. The van der Waals surface area contributed by atoms with E-state index in [0.717, 1.165) is 35.1 Å². The summed E-state index contributed by atoms with van der Waals surface area (Å²) in [7, 11) is 0. The maximum absolute atomic E-state index is 5.81. The highest BCUT2D eigenvalue weighted by Crippen LogP contribution is 2.27. The molecule has 2 heterocycles. The molecule has 0 bridgehead atoms. The van der Waals surface area contributed by atoms with Crippen molar-refractivity contribution in [3.63, 3.8) is 0 Å². The first kappa shape index (κ1) is 12.5. The lowest BCUT2D eigenvalue weighted by atomic mass is 10.0. The summed E-state index contributed by atoms with van der Waals surface area (Å²) in [6.45, 7) is 0.453. The van der Waals surface area contributed by atoms with Gasteiger partial charge in [-0.2, -0.15) is 0 Å². The summed E-state index contributed by atoms with van der Waals surface area (Å²) in [5.74, 6) is 0. The number of para-hydroxylation sites is 1. The van der Waals surface area contributed by atoms with Gasteiger partial charge in [0.1, 0.15) is 0 Å². The Bertz CT molecular complexity index is 804. The molecule has 0 aliphatic heterocycles. The normalized spacial score (nSPS) is 14.3.